The van der Waals surface area contributed by atoms with Crippen LogP contribution in [0.2, 0.25) is 0 Å². The number of primary amides is 1. The summed E-state index contributed by atoms with van der Waals surface area (Å²) in [5.74, 6) is -8.12. The van der Waals surface area contributed by atoms with Gasteiger partial charge in [0, 0.05) is 29.9 Å². The van der Waals surface area contributed by atoms with E-state index in [1.165, 1.54) is 0 Å². The second-order valence-corrected chi connectivity index (χ2v) is 14.6. The van der Waals surface area contributed by atoms with Crippen molar-refractivity contribution >= 4 is 58.3 Å². The van der Waals surface area contributed by atoms with Crippen LogP contribution in [0.25, 0.3) is 10.9 Å². The van der Waals surface area contributed by atoms with E-state index in [4.69, 9.17) is 17.2 Å². The lowest BCUT2D eigenvalue weighted by molar-refractivity contribution is -0.143. The molecular formula is C38H59N9O10. The number of fused-ring (bicyclic) bond motifs is 1. The van der Waals surface area contributed by atoms with Crippen LogP contribution < -0.4 is 43.8 Å². The third-order valence-electron chi connectivity index (χ3n) is 9.51. The summed E-state index contributed by atoms with van der Waals surface area (Å²) in [6, 6.07) is -0.696. The van der Waals surface area contributed by atoms with Crippen molar-refractivity contribution in [2.75, 3.05) is 6.54 Å². The fourth-order valence-corrected chi connectivity index (χ4v) is 6.00. The van der Waals surface area contributed by atoms with E-state index in [2.05, 4.69) is 31.6 Å². The summed E-state index contributed by atoms with van der Waals surface area (Å²) in [5, 5.41) is 32.4. The smallest absolute Gasteiger partial charge is 0.326 e. The third kappa shape index (κ3) is 15.8. The summed E-state index contributed by atoms with van der Waals surface area (Å²) in [5.41, 5.74) is 18.2. The predicted molar refractivity (Wildman–Crippen MR) is 210 cm³/mol. The van der Waals surface area contributed by atoms with E-state index in [1.807, 2.05) is 25.1 Å². The zero-order valence-corrected chi connectivity index (χ0v) is 33.0. The van der Waals surface area contributed by atoms with Gasteiger partial charge in [-0.3, -0.25) is 33.6 Å². The largest absolute Gasteiger partial charge is 0.481 e. The highest BCUT2D eigenvalue weighted by Crippen LogP contribution is 2.20. The van der Waals surface area contributed by atoms with Crippen LogP contribution in [-0.2, 0) is 44.8 Å². The Kier molecular flexibility index (Phi) is 19.6. The summed E-state index contributed by atoms with van der Waals surface area (Å²) in [7, 11) is 0. The molecule has 19 nitrogen and oxygen atoms in total. The Balaban J connectivity index is 2.47. The predicted octanol–water partition coefficient (Wildman–Crippen LogP) is -0.492. The molecule has 0 bridgehead atoms. The number of aromatic amines is 1. The van der Waals surface area contributed by atoms with Crippen molar-refractivity contribution in [3.05, 3.63) is 36.0 Å². The molecule has 1 aromatic carbocycles. The first-order valence-electron chi connectivity index (χ1n) is 19.1. The molecule has 57 heavy (non-hydrogen) atoms. The Morgan fingerprint density at radius 1 is 0.737 bits per heavy atom. The number of amides is 6. The SMILES string of the molecule is CC[C@H](C)[C@H](N)C(=O)N[C@@H](CCC(=O)O)C(=O)N[C@@H](Cc1c[nH]c2ccccc12)C(=O)N[C@@H](CC(C)C)C(=O)N[C@@H](CCCCN)C(=O)N[C@@H](CC(N)=O)C(=O)O. The number of rotatable bonds is 26. The van der Waals surface area contributed by atoms with Crippen molar-refractivity contribution < 1.29 is 48.6 Å². The fraction of sp³-hybridized carbons (Fsp3) is 0.579. The zero-order valence-electron chi connectivity index (χ0n) is 33.0. The van der Waals surface area contributed by atoms with Gasteiger partial charge in [-0.05, 0) is 62.1 Å². The van der Waals surface area contributed by atoms with E-state index >= 15 is 0 Å². The molecule has 316 valence electrons. The lowest BCUT2D eigenvalue weighted by Crippen LogP contribution is -2.60. The van der Waals surface area contributed by atoms with E-state index in [9.17, 15) is 48.6 Å². The molecule has 14 N–H and O–H groups in total. The number of carboxylic acid groups (broad SMARTS) is 2. The summed E-state index contributed by atoms with van der Waals surface area (Å²) < 4.78 is 0. The molecule has 0 unspecified atom stereocenters. The van der Waals surface area contributed by atoms with Crippen LogP contribution in [-0.4, -0.2) is 105 Å². The molecular weight excluding hydrogens is 742 g/mol. The lowest BCUT2D eigenvalue weighted by atomic mass is 9.98. The Morgan fingerprint density at radius 2 is 1.28 bits per heavy atom. The first kappa shape index (κ1) is 47.6. The summed E-state index contributed by atoms with van der Waals surface area (Å²) in [6.45, 7) is 7.47. The fourth-order valence-electron chi connectivity index (χ4n) is 6.00. The summed E-state index contributed by atoms with van der Waals surface area (Å²) in [4.78, 5) is 106. The number of carbonyl (C=O) groups is 8. The summed E-state index contributed by atoms with van der Waals surface area (Å²) in [6.07, 6.45) is 1.61. The Bertz CT molecular complexity index is 1710. The van der Waals surface area contributed by atoms with Crippen molar-refractivity contribution in [3.63, 3.8) is 0 Å². The van der Waals surface area contributed by atoms with Gasteiger partial charge in [0.05, 0.1) is 12.5 Å². The second kappa shape index (κ2) is 23.5. The van der Waals surface area contributed by atoms with E-state index in [1.54, 1.807) is 33.0 Å². The first-order chi connectivity index (χ1) is 26.9. The molecule has 0 saturated heterocycles. The van der Waals surface area contributed by atoms with Gasteiger partial charge in [0.15, 0.2) is 0 Å². The van der Waals surface area contributed by atoms with Crippen LogP contribution in [0.5, 0.6) is 0 Å². The molecule has 2 rings (SSSR count). The van der Waals surface area contributed by atoms with E-state index in [0.29, 0.717) is 24.8 Å². The Labute approximate surface area is 331 Å². The van der Waals surface area contributed by atoms with E-state index < -0.39 is 96.5 Å². The number of hydrogen-bond donors (Lipinski definition) is 11. The highest BCUT2D eigenvalue weighted by Gasteiger charge is 2.34. The number of hydrogen-bond acceptors (Lipinski definition) is 10. The minimum atomic E-state index is -1.65. The zero-order chi connectivity index (χ0) is 42.8. The van der Waals surface area contributed by atoms with Crippen LogP contribution >= 0.6 is 0 Å². The first-order valence-corrected chi connectivity index (χ1v) is 19.1. The van der Waals surface area contributed by atoms with Crippen molar-refractivity contribution in [2.24, 2.45) is 29.0 Å². The van der Waals surface area contributed by atoms with Crippen LogP contribution in [0, 0.1) is 11.8 Å². The number of unbranched alkanes of at least 4 members (excludes halogenated alkanes) is 1. The van der Waals surface area contributed by atoms with Crippen molar-refractivity contribution in [3.8, 4) is 0 Å². The molecule has 6 amide bonds. The number of para-hydroxylation sites is 1. The third-order valence-corrected chi connectivity index (χ3v) is 9.51. The number of aromatic nitrogens is 1. The van der Waals surface area contributed by atoms with Gasteiger partial charge in [0.1, 0.15) is 30.2 Å². The van der Waals surface area contributed by atoms with Gasteiger partial charge in [0.2, 0.25) is 35.4 Å². The standard InChI is InChI=1S/C38H59N9O10/c1-5-21(4)32(41)37(55)44-26(13-14-31(49)50)34(52)46-28(17-22-19-42-24-11-7-6-10-23(22)24)36(54)45-27(16-20(2)3)35(53)43-25(12-8-9-15-39)33(51)47-29(38(56)57)18-30(40)48/h6-7,10-11,19-21,25-29,32,42H,5,8-9,12-18,39,41H2,1-4H3,(H2,40,48)(H,43,53)(H,44,55)(H,45,54)(H,46,52)(H,47,51)(H,49,50)(H,56,57)/t21-,25-,26-,27-,28-,29-,32-/m0/s1. The Hall–Kier alpha value is -5.56. The molecule has 19 heteroatoms. The minimum Gasteiger partial charge on any atom is -0.481 e. The number of carboxylic acids is 2. The maximum atomic E-state index is 14.2. The molecule has 0 radical (unpaired) electrons. The van der Waals surface area contributed by atoms with Crippen LogP contribution in [0.1, 0.15) is 84.6 Å². The van der Waals surface area contributed by atoms with Gasteiger partial charge in [-0.2, -0.15) is 0 Å². The van der Waals surface area contributed by atoms with Gasteiger partial charge in [-0.15, -0.1) is 0 Å². The highest BCUT2D eigenvalue weighted by molar-refractivity contribution is 5.97. The lowest BCUT2D eigenvalue weighted by Gasteiger charge is -2.28. The van der Waals surface area contributed by atoms with Crippen LogP contribution in [0.4, 0.5) is 0 Å². The van der Waals surface area contributed by atoms with Gasteiger partial charge in [-0.1, -0.05) is 52.3 Å². The number of benzene rings is 1. The molecule has 7 atom stereocenters. The number of nitrogens with two attached hydrogens (primary N) is 3. The molecule has 0 saturated carbocycles. The van der Waals surface area contributed by atoms with Gasteiger partial charge in [-0.25, -0.2) is 4.79 Å². The average Bonchev–Trinajstić information content (AvgIpc) is 3.56. The van der Waals surface area contributed by atoms with Crippen molar-refractivity contribution in [2.45, 2.75) is 122 Å². The molecule has 0 aliphatic carbocycles. The monoisotopic (exact) mass is 801 g/mol. The number of aliphatic carboxylic acids is 2. The molecule has 0 aliphatic rings. The second-order valence-electron chi connectivity index (χ2n) is 14.6. The molecule has 1 aromatic heterocycles. The van der Waals surface area contributed by atoms with Gasteiger partial charge >= 0.3 is 11.9 Å². The molecule has 1 heterocycles. The Morgan fingerprint density at radius 3 is 1.86 bits per heavy atom. The normalized spacial score (nSPS) is 14.9. The number of nitrogens with one attached hydrogen (secondary N) is 6. The maximum Gasteiger partial charge on any atom is 0.326 e. The van der Waals surface area contributed by atoms with E-state index in [0.717, 1.165) is 10.9 Å². The molecule has 2 aromatic rings. The highest BCUT2D eigenvalue weighted by atomic mass is 16.4. The maximum absolute atomic E-state index is 14.2. The topological polar surface area (TPSA) is 331 Å². The van der Waals surface area contributed by atoms with Crippen LogP contribution in [0.3, 0.4) is 0 Å². The molecule has 0 aliphatic heterocycles. The van der Waals surface area contributed by atoms with Gasteiger partial charge in [0.25, 0.3) is 0 Å². The van der Waals surface area contributed by atoms with Crippen molar-refractivity contribution in [1.82, 2.24) is 31.6 Å². The number of carbonyl (C=O) groups excluding carboxylic acids is 6. The quantitative estimate of drug-likeness (QED) is 0.0537. The molecule has 0 fully saturated rings. The minimum absolute atomic E-state index is 0.0451. The number of H-pyrrole nitrogens is 1. The molecule has 0 spiro atoms. The van der Waals surface area contributed by atoms with E-state index in [-0.39, 0.29) is 44.1 Å². The summed E-state index contributed by atoms with van der Waals surface area (Å²) >= 11 is 0. The van der Waals surface area contributed by atoms with Crippen molar-refractivity contribution in [1.29, 1.82) is 0 Å². The average molecular weight is 802 g/mol. The van der Waals surface area contributed by atoms with Gasteiger partial charge < -0.3 is 59.0 Å². The van der Waals surface area contributed by atoms with Crippen LogP contribution in [0.15, 0.2) is 30.5 Å².